The standard InChI is InChI=1S/C24H21BrClN5O3S/c1-4-33-18-9-13(8-14-11-24(2,3)34-20(14)18)16-12-35-23(28-16)29-22(32)17-10-19(25)30-31(17)21-15(26)6-5-7-27-21/h5-10,12H,4,11H2,1-3H3,(H,28,29,32). The van der Waals surface area contributed by atoms with Gasteiger partial charge in [-0.2, -0.15) is 5.10 Å². The molecule has 1 aromatic carbocycles. The van der Waals surface area contributed by atoms with Gasteiger partial charge in [-0.05, 0) is 61.0 Å². The number of halogens is 2. The largest absolute Gasteiger partial charge is 0.490 e. The van der Waals surface area contributed by atoms with Crippen LogP contribution in [0.15, 0.2) is 46.5 Å². The molecule has 3 aromatic heterocycles. The quantitative estimate of drug-likeness (QED) is 0.296. The van der Waals surface area contributed by atoms with Gasteiger partial charge in [-0.1, -0.05) is 11.6 Å². The van der Waals surface area contributed by atoms with Gasteiger partial charge in [0.25, 0.3) is 5.91 Å². The molecule has 0 radical (unpaired) electrons. The van der Waals surface area contributed by atoms with Crippen LogP contribution in [0.4, 0.5) is 5.13 Å². The molecule has 35 heavy (non-hydrogen) atoms. The molecule has 0 saturated heterocycles. The highest BCUT2D eigenvalue weighted by atomic mass is 79.9. The van der Waals surface area contributed by atoms with Gasteiger partial charge in [-0.3, -0.25) is 10.1 Å². The predicted molar refractivity (Wildman–Crippen MR) is 139 cm³/mol. The number of benzene rings is 1. The maximum Gasteiger partial charge on any atom is 0.276 e. The van der Waals surface area contributed by atoms with Crippen LogP contribution in [0.1, 0.15) is 36.8 Å². The summed E-state index contributed by atoms with van der Waals surface area (Å²) in [5.41, 5.74) is 2.70. The molecule has 11 heteroatoms. The lowest BCUT2D eigenvalue weighted by molar-refractivity contribution is 0.101. The molecule has 0 fully saturated rings. The van der Waals surface area contributed by atoms with Gasteiger partial charge in [-0.15, -0.1) is 11.3 Å². The van der Waals surface area contributed by atoms with Crippen LogP contribution in [0.5, 0.6) is 11.5 Å². The minimum absolute atomic E-state index is 0.268. The zero-order chi connectivity index (χ0) is 24.7. The summed E-state index contributed by atoms with van der Waals surface area (Å²) >= 11 is 10.9. The number of ether oxygens (including phenoxy) is 2. The van der Waals surface area contributed by atoms with Gasteiger partial charge in [0.1, 0.15) is 15.9 Å². The lowest BCUT2D eigenvalue weighted by Crippen LogP contribution is -2.24. The fourth-order valence-corrected chi connectivity index (χ4v) is 5.21. The van der Waals surface area contributed by atoms with Gasteiger partial charge in [0.15, 0.2) is 22.4 Å². The number of nitrogens with one attached hydrogen (secondary N) is 1. The molecule has 8 nitrogen and oxygen atoms in total. The van der Waals surface area contributed by atoms with E-state index in [1.165, 1.54) is 16.0 Å². The molecule has 0 unspecified atom stereocenters. The van der Waals surface area contributed by atoms with Gasteiger partial charge in [0, 0.05) is 35.2 Å². The molecule has 1 amide bonds. The van der Waals surface area contributed by atoms with E-state index in [0.717, 1.165) is 29.0 Å². The number of thiazole rings is 1. The molecule has 0 aliphatic carbocycles. The lowest BCUT2D eigenvalue weighted by Gasteiger charge is -2.18. The van der Waals surface area contributed by atoms with E-state index in [9.17, 15) is 4.79 Å². The van der Waals surface area contributed by atoms with E-state index in [0.29, 0.717) is 32.9 Å². The number of hydrogen-bond donors (Lipinski definition) is 1. The molecule has 1 aliphatic heterocycles. The zero-order valence-electron chi connectivity index (χ0n) is 19.1. The third-order valence-corrected chi connectivity index (χ3v) is 6.74. The minimum atomic E-state index is -0.384. The first-order valence-electron chi connectivity index (χ1n) is 10.9. The van der Waals surface area contributed by atoms with Crippen molar-refractivity contribution in [2.45, 2.75) is 32.8 Å². The Kier molecular flexibility index (Phi) is 6.29. The SMILES string of the molecule is CCOc1cc(-c2csc(NC(=O)c3cc(Br)nn3-c3ncccc3Cl)n2)cc2c1OC(C)(C)C2. The van der Waals surface area contributed by atoms with E-state index < -0.39 is 0 Å². The molecule has 0 atom stereocenters. The average Bonchev–Trinajstić information content (AvgIpc) is 3.50. The Labute approximate surface area is 219 Å². The molecule has 5 rings (SSSR count). The molecule has 0 bridgehead atoms. The van der Waals surface area contributed by atoms with Crippen molar-refractivity contribution < 1.29 is 14.3 Å². The summed E-state index contributed by atoms with van der Waals surface area (Å²) in [7, 11) is 0. The number of aromatic nitrogens is 4. The summed E-state index contributed by atoms with van der Waals surface area (Å²) in [4.78, 5) is 22.0. The van der Waals surface area contributed by atoms with E-state index >= 15 is 0 Å². The van der Waals surface area contributed by atoms with Crippen LogP contribution >= 0.6 is 38.9 Å². The topological polar surface area (TPSA) is 91.2 Å². The number of nitrogens with zero attached hydrogens (tertiary/aromatic N) is 4. The summed E-state index contributed by atoms with van der Waals surface area (Å²) in [6.45, 7) is 6.58. The molecule has 4 heterocycles. The van der Waals surface area contributed by atoms with E-state index in [1.807, 2.05) is 18.4 Å². The third kappa shape index (κ3) is 4.78. The second-order valence-corrected chi connectivity index (χ2v) is 10.6. The monoisotopic (exact) mass is 573 g/mol. The Morgan fingerprint density at radius 3 is 2.97 bits per heavy atom. The van der Waals surface area contributed by atoms with Gasteiger partial charge in [-0.25, -0.2) is 14.6 Å². The Balaban J connectivity index is 1.42. The smallest absolute Gasteiger partial charge is 0.276 e. The molecule has 1 aliphatic rings. The summed E-state index contributed by atoms with van der Waals surface area (Å²) in [5, 5.41) is 9.90. The highest BCUT2D eigenvalue weighted by Crippen LogP contribution is 2.45. The molecule has 0 spiro atoms. The average molecular weight is 575 g/mol. The molecule has 4 aromatic rings. The Bertz CT molecular complexity index is 1430. The van der Waals surface area contributed by atoms with Crippen molar-refractivity contribution in [2.75, 3.05) is 11.9 Å². The van der Waals surface area contributed by atoms with Crippen LogP contribution in [0.3, 0.4) is 0 Å². The second-order valence-electron chi connectivity index (χ2n) is 8.50. The first-order chi connectivity index (χ1) is 16.7. The van der Waals surface area contributed by atoms with Crippen LogP contribution < -0.4 is 14.8 Å². The maximum atomic E-state index is 13.1. The van der Waals surface area contributed by atoms with E-state index in [2.05, 4.69) is 56.2 Å². The van der Waals surface area contributed by atoms with Gasteiger partial charge in [0.05, 0.1) is 17.3 Å². The molecule has 0 saturated carbocycles. The number of anilines is 1. The van der Waals surface area contributed by atoms with E-state index in [4.69, 9.17) is 21.1 Å². The predicted octanol–water partition coefficient (Wildman–Crippen LogP) is 6.17. The Morgan fingerprint density at radius 1 is 1.37 bits per heavy atom. The zero-order valence-corrected chi connectivity index (χ0v) is 22.3. The number of carbonyl (C=O) groups is 1. The Morgan fingerprint density at radius 2 is 2.20 bits per heavy atom. The van der Waals surface area contributed by atoms with Crippen molar-refractivity contribution in [2.24, 2.45) is 0 Å². The van der Waals surface area contributed by atoms with Crippen LogP contribution in [-0.4, -0.2) is 37.9 Å². The summed E-state index contributed by atoms with van der Waals surface area (Å²) < 4.78 is 13.8. The van der Waals surface area contributed by atoms with Crippen LogP contribution in [0.25, 0.3) is 17.1 Å². The normalized spacial score (nSPS) is 13.9. The first-order valence-corrected chi connectivity index (χ1v) is 12.9. The van der Waals surface area contributed by atoms with E-state index in [1.54, 1.807) is 24.4 Å². The molecule has 1 N–H and O–H groups in total. The van der Waals surface area contributed by atoms with Crippen molar-refractivity contribution in [3.63, 3.8) is 0 Å². The number of amides is 1. The summed E-state index contributed by atoms with van der Waals surface area (Å²) in [6, 6.07) is 9.01. The first kappa shape index (κ1) is 23.8. The van der Waals surface area contributed by atoms with Gasteiger partial charge < -0.3 is 9.47 Å². The number of pyridine rings is 1. The fraction of sp³-hybridized carbons (Fsp3) is 0.250. The van der Waals surface area contributed by atoms with Crippen molar-refractivity contribution >= 4 is 49.9 Å². The van der Waals surface area contributed by atoms with Gasteiger partial charge in [0.2, 0.25) is 0 Å². The number of carbonyl (C=O) groups excluding carboxylic acids is 1. The van der Waals surface area contributed by atoms with Crippen molar-refractivity contribution in [3.05, 3.63) is 62.8 Å². The van der Waals surface area contributed by atoms with Crippen molar-refractivity contribution in [3.8, 4) is 28.6 Å². The number of fused-ring (bicyclic) bond motifs is 1. The summed E-state index contributed by atoms with van der Waals surface area (Å²) in [5.74, 6) is 1.46. The highest BCUT2D eigenvalue weighted by Gasteiger charge is 2.33. The molecular formula is C24H21BrClN5O3S. The molecule has 180 valence electrons. The highest BCUT2D eigenvalue weighted by molar-refractivity contribution is 9.10. The van der Waals surface area contributed by atoms with Gasteiger partial charge >= 0.3 is 0 Å². The Hall–Kier alpha value is -2.95. The fourth-order valence-electron chi connectivity index (χ4n) is 3.92. The van der Waals surface area contributed by atoms with Crippen molar-refractivity contribution in [1.29, 1.82) is 0 Å². The van der Waals surface area contributed by atoms with E-state index in [-0.39, 0.29) is 17.2 Å². The number of rotatable bonds is 6. The van der Waals surface area contributed by atoms with Crippen LogP contribution in [0.2, 0.25) is 5.02 Å². The van der Waals surface area contributed by atoms with Crippen molar-refractivity contribution in [1.82, 2.24) is 19.7 Å². The molecular weight excluding hydrogens is 554 g/mol. The lowest BCUT2D eigenvalue weighted by atomic mass is 9.99. The summed E-state index contributed by atoms with van der Waals surface area (Å²) in [6.07, 6.45) is 2.36. The second kappa shape index (κ2) is 9.25. The minimum Gasteiger partial charge on any atom is -0.490 e. The number of hydrogen-bond acceptors (Lipinski definition) is 7. The third-order valence-electron chi connectivity index (χ3n) is 5.30. The van der Waals surface area contributed by atoms with Crippen LogP contribution in [-0.2, 0) is 6.42 Å². The van der Waals surface area contributed by atoms with Crippen LogP contribution in [0, 0.1) is 0 Å². The maximum absolute atomic E-state index is 13.1.